The summed E-state index contributed by atoms with van der Waals surface area (Å²) < 4.78 is 6.89. The second kappa shape index (κ2) is 7.40. The fraction of sp³-hybridized carbons (Fsp3) is 0.389. The maximum atomic E-state index is 12.4. The van der Waals surface area contributed by atoms with Crippen molar-refractivity contribution in [3.05, 3.63) is 64.1 Å². The molecule has 3 rings (SSSR count). The number of hydrogen-bond donors (Lipinski definition) is 1. The molecule has 126 valence electrons. The largest absolute Gasteiger partial charge is 0.376 e. The number of hydrogen-bond acceptors (Lipinski definition) is 4. The van der Waals surface area contributed by atoms with E-state index in [1.807, 2.05) is 37.3 Å². The molecule has 1 saturated heterocycles. The minimum absolute atomic E-state index is 0.0455. The van der Waals surface area contributed by atoms with Crippen molar-refractivity contribution >= 4 is 5.91 Å². The molecule has 1 N–H and O–H groups in total. The van der Waals surface area contributed by atoms with E-state index in [2.05, 4.69) is 10.4 Å². The van der Waals surface area contributed by atoms with Crippen LogP contribution >= 0.6 is 0 Å². The zero-order chi connectivity index (χ0) is 16.9. The van der Waals surface area contributed by atoms with Crippen molar-refractivity contribution in [1.82, 2.24) is 15.1 Å². The van der Waals surface area contributed by atoms with Gasteiger partial charge in [-0.2, -0.15) is 5.10 Å². The highest BCUT2D eigenvalue weighted by Gasteiger charge is 2.24. The molecule has 2 aromatic rings. The molecule has 2 atom stereocenters. The average molecular weight is 327 g/mol. The Labute approximate surface area is 140 Å². The molecule has 24 heavy (non-hydrogen) atoms. The zero-order valence-corrected chi connectivity index (χ0v) is 13.6. The topological polar surface area (TPSA) is 73.2 Å². The van der Waals surface area contributed by atoms with Crippen molar-refractivity contribution in [3.63, 3.8) is 0 Å². The Balaban J connectivity index is 1.72. The van der Waals surface area contributed by atoms with E-state index in [9.17, 15) is 9.59 Å². The van der Waals surface area contributed by atoms with Crippen LogP contribution in [0.1, 0.15) is 35.8 Å². The van der Waals surface area contributed by atoms with Gasteiger partial charge < -0.3 is 10.1 Å². The third-order valence-corrected chi connectivity index (χ3v) is 4.16. The summed E-state index contributed by atoms with van der Waals surface area (Å²) in [6, 6.07) is 12.3. The lowest BCUT2D eigenvalue weighted by atomic mass is 10.1. The van der Waals surface area contributed by atoms with E-state index in [-0.39, 0.29) is 29.3 Å². The van der Waals surface area contributed by atoms with Crippen molar-refractivity contribution in [2.75, 3.05) is 6.61 Å². The normalized spacial score (nSPS) is 18.3. The van der Waals surface area contributed by atoms with Gasteiger partial charge in [0.25, 0.3) is 11.5 Å². The van der Waals surface area contributed by atoms with Crippen LogP contribution in [0, 0.1) is 0 Å². The molecule has 0 aliphatic carbocycles. The fourth-order valence-electron chi connectivity index (χ4n) is 2.81. The number of carbonyl (C=O) groups is 1. The van der Waals surface area contributed by atoms with E-state index in [4.69, 9.17) is 4.74 Å². The average Bonchev–Trinajstić information content (AvgIpc) is 3.12. The summed E-state index contributed by atoms with van der Waals surface area (Å²) in [5.41, 5.74) is 0.954. The van der Waals surface area contributed by atoms with Crippen LogP contribution < -0.4 is 10.9 Å². The number of rotatable bonds is 5. The van der Waals surface area contributed by atoms with Crippen LogP contribution in [0.2, 0.25) is 0 Å². The Morgan fingerprint density at radius 3 is 2.83 bits per heavy atom. The monoisotopic (exact) mass is 327 g/mol. The van der Waals surface area contributed by atoms with E-state index >= 15 is 0 Å². The molecule has 1 aromatic carbocycles. The highest BCUT2D eigenvalue weighted by molar-refractivity contribution is 5.92. The summed E-state index contributed by atoms with van der Waals surface area (Å²) in [7, 11) is 0. The highest BCUT2D eigenvalue weighted by atomic mass is 16.5. The van der Waals surface area contributed by atoms with Gasteiger partial charge in [0.15, 0.2) is 0 Å². The molecule has 6 heteroatoms. The number of ether oxygens (including phenoxy) is 1. The van der Waals surface area contributed by atoms with Gasteiger partial charge in [0.1, 0.15) is 5.69 Å². The number of aromatic nitrogens is 2. The first-order chi connectivity index (χ1) is 11.6. The predicted molar refractivity (Wildman–Crippen MR) is 89.9 cm³/mol. The molecule has 1 fully saturated rings. The van der Waals surface area contributed by atoms with Crippen LogP contribution in [0.5, 0.6) is 0 Å². The number of benzene rings is 1. The summed E-state index contributed by atoms with van der Waals surface area (Å²) in [6.45, 7) is 3.00. The molecule has 0 spiro atoms. The van der Waals surface area contributed by atoms with Crippen molar-refractivity contribution in [1.29, 1.82) is 0 Å². The van der Waals surface area contributed by atoms with Crippen LogP contribution in [-0.4, -0.2) is 34.4 Å². The van der Waals surface area contributed by atoms with E-state index in [1.54, 1.807) is 0 Å². The standard InChI is InChI=1S/C18H21N3O3/c1-13(16-8-5-11-24-16)19-18(23)15-9-10-17(22)21(20-15)12-14-6-3-2-4-7-14/h2-4,6-7,9-10,13,16H,5,8,11-12H2,1H3,(H,19,23)/t13-,16-/m1/s1. The predicted octanol–water partition coefficient (Wildman–Crippen LogP) is 1.59. The molecule has 1 aliphatic heterocycles. The minimum atomic E-state index is -0.292. The lowest BCUT2D eigenvalue weighted by Crippen LogP contribution is -2.41. The molecule has 0 saturated carbocycles. The van der Waals surface area contributed by atoms with Gasteiger partial charge in [0.2, 0.25) is 0 Å². The molecular weight excluding hydrogens is 306 g/mol. The van der Waals surface area contributed by atoms with Crippen molar-refractivity contribution < 1.29 is 9.53 Å². The SMILES string of the molecule is C[C@@H](NC(=O)c1ccc(=O)n(Cc2ccccc2)n1)[C@H]1CCCO1. The summed E-state index contributed by atoms with van der Waals surface area (Å²) in [6.07, 6.45) is 2.01. The Morgan fingerprint density at radius 1 is 1.33 bits per heavy atom. The van der Waals surface area contributed by atoms with Crippen molar-refractivity contribution in [3.8, 4) is 0 Å². The third-order valence-electron chi connectivity index (χ3n) is 4.16. The molecule has 1 aliphatic rings. The molecule has 6 nitrogen and oxygen atoms in total. The summed E-state index contributed by atoms with van der Waals surface area (Å²) >= 11 is 0. The lowest BCUT2D eigenvalue weighted by molar-refractivity contribution is 0.0708. The smallest absolute Gasteiger partial charge is 0.272 e. The van der Waals surface area contributed by atoms with Gasteiger partial charge in [0, 0.05) is 12.7 Å². The van der Waals surface area contributed by atoms with E-state index < -0.39 is 0 Å². The van der Waals surface area contributed by atoms with Gasteiger partial charge in [-0.15, -0.1) is 0 Å². The van der Waals surface area contributed by atoms with Crippen LogP contribution in [0.15, 0.2) is 47.3 Å². The molecule has 1 aromatic heterocycles. The van der Waals surface area contributed by atoms with Gasteiger partial charge in [-0.25, -0.2) is 4.68 Å². The third kappa shape index (κ3) is 3.89. The van der Waals surface area contributed by atoms with Crippen LogP contribution in [0.3, 0.4) is 0 Å². The molecule has 0 unspecified atom stereocenters. The second-order valence-electron chi connectivity index (χ2n) is 6.01. The Hall–Kier alpha value is -2.47. The zero-order valence-electron chi connectivity index (χ0n) is 13.6. The van der Waals surface area contributed by atoms with Gasteiger partial charge in [-0.3, -0.25) is 9.59 Å². The molecule has 0 bridgehead atoms. The van der Waals surface area contributed by atoms with Gasteiger partial charge in [0.05, 0.1) is 18.7 Å². The summed E-state index contributed by atoms with van der Waals surface area (Å²) in [4.78, 5) is 24.4. The maximum Gasteiger partial charge on any atom is 0.272 e. The van der Waals surface area contributed by atoms with Gasteiger partial charge >= 0.3 is 0 Å². The Kier molecular flexibility index (Phi) is 5.05. The number of amides is 1. The summed E-state index contributed by atoms with van der Waals surface area (Å²) in [5, 5.41) is 7.11. The lowest BCUT2D eigenvalue weighted by Gasteiger charge is -2.19. The molecule has 2 heterocycles. The fourth-order valence-corrected chi connectivity index (χ4v) is 2.81. The van der Waals surface area contributed by atoms with Gasteiger partial charge in [-0.1, -0.05) is 30.3 Å². The number of carbonyl (C=O) groups excluding carboxylic acids is 1. The number of nitrogens with one attached hydrogen (secondary N) is 1. The highest BCUT2D eigenvalue weighted by Crippen LogP contribution is 2.15. The van der Waals surface area contributed by atoms with Crippen LogP contribution in [0.25, 0.3) is 0 Å². The molecular formula is C18H21N3O3. The first-order valence-corrected chi connectivity index (χ1v) is 8.18. The van der Waals surface area contributed by atoms with Crippen LogP contribution in [-0.2, 0) is 11.3 Å². The summed E-state index contributed by atoms with van der Waals surface area (Å²) in [5.74, 6) is -0.292. The minimum Gasteiger partial charge on any atom is -0.376 e. The first kappa shape index (κ1) is 16.4. The first-order valence-electron chi connectivity index (χ1n) is 8.18. The second-order valence-corrected chi connectivity index (χ2v) is 6.01. The van der Waals surface area contributed by atoms with Crippen LogP contribution in [0.4, 0.5) is 0 Å². The van der Waals surface area contributed by atoms with E-state index in [0.29, 0.717) is 6.54 Å². The van der Waals surface area contributed by atoms with Crippen molar-refractivity contribution in [2.24, 2.45) is 0 Å². The number of nitrogens with zero attached hydrogens (tertiary/aromatic N) is 2. The Morgan fingerprint density at radius 2 is 2.12 bits per heavy atom. The molecule has 1 amide bonds. The maximum absolute atomic E-state index is 12.4. The Bertz CT molecular complexity index is 752. The van der Waals surface area contributed by atoms with E-state index in [0.717, 1.165) is 25.0 Å². The van der Waals surface area contributed by atoms with Crippen molar-refractivity contribution in [2.45, 2.75) is 38.5 Å². The van der Waals surface area contributed by atoms with Gasteiger partial charge in [-0.05, 0) is 31.4 Å². The molecule has 0 radical (unpaired) electrons. The quantitative estimate of drug-likeness (QED) is 0.905. The van der Waals surface area contributed by atoms with E-state index in [1.165, 1.54) is 16.8 Å².